The fourth-order valence-electron chi connectivity index (χ4n) is 2.25. The molecule has 0 saturated heterocycles. The van der Waals surface area contributed by atoms with E-state index in [1.54, 1.807) is 11.3 Å². The number of thiazole rings is 1. The summed E-state index contributed by atoms with van der Waals surface area (Å²) in [5.74, 6) is 0.242. The second kappa shape index (κ2) is 6.71. The molecule has 0 bridgehead atoms. The predicted octanol–water partition coefficient (Wildman–Crippen LogP) is 4.14. The highest BCUT2D eigenvalue weighted by atomic mass is 32.1. The van der Waals surface area contributed by atoms with Crippen molar-refractivity contribution in [2.45, 2.75) is 46.0 Å². The fraction of sp³-hybridized carbons (Fsp3) is 0.500. The van der Waals surface area contributed by atoms with Crippen LogP contribution >= 0.6 is 11.3 Å². The molecule has 114 valence electrons. The Bertz CT molecular complexity index is 566. The molecule has 0 fully saturated rings. The van der Waals surface area contributed by atoms with Crippen LogP contribution < -0.4 is 0 Å². The second-order valence-corrected chi connectivity index (χ2v) is 7.76. The first-order valence-corrected chi connectivity index (χ1v) is 8.37. The Kier molecular flexibility index (Phi) is 5.17. The average Bonchev–Trinajstić information content (AvgIpc) is 2.89. The lowest BCUT2D eigenvalue weighted by Gasteiger charge is -2.15. The maximum atomic E-state index is 9.65. The summed E-state index contributed by atoms with van der Waals surface area (Å²) >= 11 is 1.71. The predicted molar refractivity (Wildman–Crippen MR) is 90.0 cm³/mol. The van der Waals surface area contributed by atoms with Crippen LogP contribution in [0.25, 0.3) is 0 Å². The van der Waals surface area contributed by atoms with E-state index < -0.39 is 0 Å². The summed E-state index contributed by atoms with van der Waals surface area (Å²) in [5, 5.41) is 12.9. The van der Waals surface area contributed by atoms with Gasteiger partial charge in [0.2, 0.25) is 0 Å². The lowest BCUT2D eigenvalue weighted by atomic mass is 9.93. The van der Waals surface area contributed by atoms with Crippen molar-refractivity contribution in [1.29, 1.82) is 0 Å². The fourth-order valence-corrected chi connectivity index (χ4v) is 3.39. The first-order valence-electron chi connectivity index (χ1n) is 7.50. The minimum atomic E-state index is 0.0976. The Hall–Kier alpha value is -1.19. The van der Waals surface area contributed by atoms with Gasteiger partial charge in [-0.3, -0.25) is 0 Å². The Morgan fingerprint density at radius 3 is 2.33 bits per heavy atom. The third-order valence-corrected chi connectivity index (χ3v) is 4.56. The van der Waals surface area contributed by atoms with Gasteiger partial charge >= 0.3 is 0 Å². The quantitative estimate of drug-likeness (QED) is 0.900. The highest BCUT2D eigenvalue weighted by molar-refractivity contribution is 7.09. The van der Waals surface area contributed by atoms with Crippen LogP contribution in [0, 0.1) is 12.8 Å². The van der Waals surface area contributed by atoms with Gasteiger partial charge in [-0.05, 0) is 24.8 Å². The van der Waals surface area contributed by atoms with Crippen LogP contribution in [0.5, 0.6) is 0 Å². The van der Waals surface area contributed by atoms with E-state index in [1.165, 1.54) is 11.1 Å². The molecule has 0 saturated carbocycles. The Labute approximate surface area is 131 Å². The maximum absolute atomic E-state index is 9.65. The van der Waals surface area contributed by atoms with E-state index in [0.717, 1.165) is 23.5 Å². The lowest BCUT2D eigenvalue weighted by Crippen LogP contribution is -2.14. The number of aliphatic hydroxyl groups excluding tert-OH is 1. The molecule has 1 heterocycles. The topological polar surface area (TPSA) is 33.1 Å². The maximum Gasteiger partial charge on any atom is 0.0932 e. The minimum Gasteiger partial charge on any atom is -0.396 e. The summed E-state index contributed by atoms with van der Waals surface area (Å²) < 4.78 is 0. The van der Waals surface area contributed by atoms with E-state index in [-0.39, 0.29) is 17.9 Å². The Balaban J connectivity index is 2.02. The van der Waals surface area contributed by atoms with Crippen molar-refractivity contribution in [2.75, 3.05) is 6.61 Å². The van der Waals surface area contributed by atoms with Crippen molar-refractivity contribution < 1.29 is 5.11 Å². The monoisotopic (exact) mass is 303 g/mol. The van der Waals surface area contributed by atoms with Crippen molar-refractivity contribution in [3.8, 4) is 0 Å². The normalized spacial score (nSPS) is 13.4. The molecule has 1 aromatic heterocycles. The standard InChI is InChI=1S/C18H25NOS/c1-13-5-7-14(8-6-13)9-15(11-20)10-17-19-16(12-21-17)18(2,3)4/h5-8,12,15,20H,9-11H2,1-4H3. The van der Waals surface area contributed by atoms with Crippen molar-refractivity contribution in [3.05, 3.63) is 51.5 Å². The van der Waals surface area contributed by atoms with Crippen molar-refractivity contribution >= 4 is 11.3 Å². The zero-order valence-corrected chi connectivity index (χ0v) is 14.2. The zero-order chi connectivity index (χ0) is 15.5. The number of hydrogen-bond donors (Lipinski definition) is 1. The van der Waals surface area contributed by atoms with Crippen LogP contribution in [-0.4, -0.2) is 16.7 Å². The number of aromatic nitrogens is 1. The van der Waals surface area contributed by atoms with Gasteiger partial charge in [-0.15, -0.1) is 11.3 Å². The molecule has 2 nitrogen and oxygen atoms in total. The van der Waals surface area contributed by atoms with E-state index in [0.29, 0.717) is 0 Å². The Morgan fingerprint density at radius 2 is 1.81 bits per heavy atom. The molecule has 1 atom stereocenters. The highest BCUT2D eigenvalue weighted by Gasteiger charge is 2.19. The van der Waals surface area contributed by atoms with Crippen LogP contribution in [0.4, 0.5) is 0 Å². The lowest BCUT2D eigenvalue weighted by molar-refractivity contribution is 0.225. The summed E-state index contributed by atoms with van der Waals surface area (Å²) in [6.45, 7) is 8.85. The third-order valence-electron chi connectivity index (χ3n) is 3.69. The molecule has 0 spiro atoms. The summed E-state index contributed by atoms with van der Waals surface area (Å²) in [6, 6.07) is 8.57. The third kappa shape index (κ3) is 4.65. The van der Waals surface area contributed by atoms with Crippen molar-refractivity contribution in [1.82, 2.24) is 4.98 Å². The molecule has 1 N–H and O–H groups in total. The molecule has 0 aliphatic carbocycles. The van der Waals surface area contributed by atoms with E-state index in [9.17, 15) is 5.11 Å². The highest BCUT2D eigenvalue weighted by Crippen LogP contribution is 2.25. The van der Waals surface area contributed by atoms with Gasteiger partial charge in [-0.2, -0.15) is 0 Å². The first-order chi connectivity index (χ1) is 9.88. The molecule has 0 aliphatic heterocycles. The largest absolute Gasteiger partial charge is 0.396 e. The molecule has 1 unspecified atom stereocenters. The summed E-state index contributed by atoms with van der Waals surface area (Å²) in [4.78, 5) is 4.73. The first kappa shape index (κ1) is 16.2. The van der Waals surface area contributed by atoms with E-state index in [1.807, 2.05) is 0 Å². The number of aryl methyl sites for hydroxylation is 1. The number of rotatable bonds is 5. The van der Waals surface area contributed by atoms with Crippen molar-refractivity contribution in [3.63, 3.8) is 0 Å². The van der Waals surface area contributed by atoms with E-state index >= 15 is 0 Å². The minimum absolute atomic E-state index is 0.0976. The van der Waals surface area contributed by atoms with Gasteiger partial charge in [-0.25, -0.2) is 4.98 Å². The van der Waals surface area contributed by atoms with Crippen molar-refractivity contribution in [2.24, 2.45) is 5.92 Å². The Morgan fingerprint density at radius 1 is 1.14 bits per heavy atom. The van der Waals surface area contributed by atoms with Crippen LogP contribution in [0.2, 0.25) is 0 Å². The number of nitrogens with zero attached hydrogens (tertiary/aromatic N) is 1. The number of aliphatic hydroxyl groups is 1. The van der Waals surface area contributed by atoms with Crippen LogP contribution in [0.15, 0.2) is 29.6 Å². The summed E-state index contributed by atoms with van der Waals surface area (Å²) in [7, 11) is 0. The SMILES string of the molecule is Cc1ccc(CC(CO)Cc2nc(C(C)(C)C)cs2)cc1. The van der Waals surface area contributed by atoms with Gasteiger partial charge in [0, 0.05) is 23.8 Å². The van der Waals surface area contributed by atoms with Gasteiger partial charge in [0.1, 0.15) is 0 Å². The summed E-state index contributed by atoms with van der Waals surface area (Å²) in [5.41, 5.74) is 3.80. The molecule has 1 aromatic carbocycles. The average molecular weight is 303 g/mol. The molecule has 2 aromatic rings. The molecular formula is C18H25NOS. The smallest absolute Gasteiger partial charge is 0.0932 e. The molecule has 0 radical (unpaired) electrons. The van der Waals surface area contributed by atoms with Gasteiger partial charge in [0.25, 0.3) is 0 Å². The van der Waals surface area contributed by atoms with E-state index in [2.05, 4.69) is 57.3 Å². The van der Waals surface area contributed by atoms with Crippen LogP contribution in [0.3, 0.4) is 0 Å². The van der Waals surface area contributed by atoms with Gasteiger partial charge in [0.05, 0.1) is 10.7 Å². The number of benzene rings is 1. The van der Waals surface area contributed by atoms with E-state index in [4.69, 9.17) is 4.98 Å². The molecule has 21 heavy (non-hydrogen) atoms. The molecule has 3 heteroatoms. The van der Waals surface area contributed by atoms with Gasteiger partial charge in [-0.1, -0.05) is 50.6 Å². The number of hydrogen-bond acceptors (Lipinski definition) is 3. The summed E-state index contributed by atoms with van der Waals surface area (Å²) in [6.07, 6.45) is 1.76. The molecule has 0 aliphatic rings. The van der Waals surface area contributed by atoms with Crippen LogP contribution in [-0.2, 0) is 18.3 Å². The zero-order valence-electron chi connectivity index (χ0n) is 13.4. The van der Waals surface area contributed by atoms with Crippen LogP contribution in [0.1, 0.15) is 42.6 Å². The van der Waals surface area contributed by atoms with Gasteiger partial charge in [0.15, 0.2) is 0 Å². The molecular weight excluding hydrogens is 278 g/mol. The van der Waals surface area contributed by atoms with Gasteiger partial charge < -0.3 is 5.11 Å². The molecule has 2 rings (SSSR count). The molecule has 0 amide bonds. The second-order valence-electron chi connectivity index (χ2n) is 6.82.